The molecular weight excluding hydrogens is 524 g/mol. The second-order valence-corrected chi connectivity index (χ2v) is 10.5. The second kappa shape index (κ2) is 10.1. The number of aromatic nitrogens is 4. The molecule has 0 atom stereocenters. The van der Waals surface area contributed by atoms with E-state index >= 15 is 0 Å². The Morgan fingerprint density at radius 1 is 0.610 bits per heavy atom. The van der Waals surface area contributed by atoms with Gasteiger partial charge in [0.05, 0.1) is 34.9 Å². The van der Waals surface area contributed by atoms with Gasteiger partial charge in [0, 0.05) is 67.2 Å². The molecule has 6 nitrogen and oxygen atoms in total. The molecule has 7 rings (SSSR count). The van der Waals surface area contributed by atoms with Crippen LogP contribution in [0.3, 0.4) is 0 Å². The van der Waals surface area contributed by atoms with Crippen LogP contribution in [0.1, 0.15) is 5.56 Å². The van der Waals surface area contributed by atoms with E-state index in [1.54, 1.807) is 42.2 Å². The smallest absolute Gasteiger partial charge is 0.205 e. The summed E-state index contributed by atoms with van der Waals surface area (Å²) in [6, 6.07) is 30.5. The highest BCUT2D eigenvalue weighted by Gasteiger charge is 2.11. The average molecular weight is 543 g/mol. The third-order valence-electron chi connectivity index (χ3n) is 6.87. The molecule has 0 fully saturated rings. The summed E-state index contributed by atoms with van der Waals surface area (Å²) in [4.78, 5) is 21.6. The van der Waals surface area contributed by atoms with Crippen LogP contribution in [-0.4, -0.2) is 19.9 Å². The maximum absolute atomic E-state index is 9.24. The highest BCUT2D eigenvalue weighted by molar-refractivity contribution is 7.25. The Bertz CT molecular complexity index is 2050. The van der Waals surface area contributed by atoms with Gasteiger partial charge in [-0.2, -0.15) is 5.26 Å². The Kier molecular flexibility index (Phi) is 5.98. The minimum atomic E-state index is 0.493. The molecule has 0 aliphatic heterocycles. The van der Waals surface area contributed by atoms with Gasteiger partial charge >= 0.3 is 0 Å². The first-order valence-corrected chi connectivity index (χ1v) is 13.6. The first-order chi connectivity index (χ1) is 20.2. The van der Waals surface area contributed by atoms with Crippen molar-refractivity contribution >= 4 is 37.2 Å². The van der Waals surface area contributed by atoms with E-state index in [2.05, 4.69) is 57.3 Å². The van der Waals surface area contributed by atoms with Crippen molar-refractivity contribution in [2.24, 2.45) is 0 Å². The highest BCUT2D eigenvalue weighted by Crippen LogP contribution is 2.38. The zero-order valence-electron chi connectivity index (χ0n) is 21.5. The molecule has 0 aliphatic carbocycles. The van der Waals surface area contributed by atoms with Gasteiger partial charge in [-0.1, -0.05) is 36.4 Å². The summed E-state index contributed by atoms with van der Waals surface area (Å²) in [6.07, 6.45) is 6.57. The summed E-state index contributed by atoms with van der Waals surface area (Å²) in [5.74, 6) is 0. The van der Waals surface area contributed by atoms with E-state index in [-0.39, 0.29) is 0 Å². The van der Waals surface area contributed by atoms with Gasteiger partial charge in [0.15, 0.2) is 0 Å². The van der Waals surface area contributed by atoms with Crippen molar-refractivity contribution in [1.29, 1.82) is 5.26 Å². The lowest BCUT2D eigenvalue weighted by Crippen LogP contribution is -1.89. The van der Waals surface area contributed by atoms with Crippen molar-refractivity contribution in [2.75, 3.05) is 0 Å². The molecule has 0 bridgehead atoms. The lowest BCUT2D eigenvalue weighted by atomic mass is 10.0. The summed E-state index contributed by atoms with van der Waals surface area (Å²) in [5.41, 5.74) is 7.99. The molecule has 0 unspecified atom stereocenters. The number of pyridine rings is 4. The summed E-state index contributed by atoms with van der Waals surface area (Å²) in [5, 5.41) is 11.6. The summed E-state index contributed by atoms with van der Waals surface area (Å²) < 4.78 is 2.36. The Hall–Kier alpha value is -5.76. The van der Waals surface area contributed by atoms with E-state index in [0.29, 0.717) is 11.3 Å². The van der Waals surface area contributed by atoms with Gasteiger partial charge in [0.25, 0.3) is 0 Å². The molecule has 41 heavy (non-hydrogen) atoms. The van der Waals surface area contributed by atoms with Gasteiger partial charge in [-0.3, -0.25) is 9.97 Å². The predicted octanol–water partition coefficient (Wildman–Crippen LogP) is 8.72. The monoisotopic (exact) mass is 542 g/mol. The second-order valence-electron chi connectivity index (χ2n) is 9.46. The van der Waals surface area contributed by atoms with Gasteiger partial charge in [0.2, 0.25) is 5.69 Å². The Labute approximate surface area is 239 Å². The zero-order chi connectivity index (χ0) is 27.8. The van der Waals surface area contributed by atoms with Crippen molar-refractivity contribution in [2.45, 2.75) is 0 Å². The number of nitrogens with zero attached hydrogens (tertiary/aromatic N) is 6. The van der Waals surface area contributed by atoms with Gasteiger partial charge in [-0.15, -0.1) is 11.3 Å². The minimum Gasteiger partial charge on any atom is -0.276 e. The number of nitriles is 1. The van der Waals surface area contributed by atoms with E-state index in [1.165, 1.54) is 20.2 Å². The molecule has 7 aromatic rings. The SMILES string of the molecule is [C-]#[N+]c1cncc(-c2cccc(-c3ccc4c(c3)sc3cc(-c5cccc(-c6cncc(C#N)c6)n5)ccc34)n2)c1. The molecule has 0 spiro atoms. The van der Waals surface area contributed by atoms with Gasteiger partial charge < -0.3 is 0 Å². The summed E-state index contributed by atoms with van der Waals surface area (Å²) >= 11 is 1.75. The van der Waals surface area contributed by atoms with Crippen LogP contribution >= 0.6 is 11.3 Å². The highest BCUT2D eigenvalue weighted by atomic mass is 32.1. The topological polar surface area (TPSA) is 79.7 Å². The van der Waals surface area contributed by atoms with Crippen LogP contribution < -0.4 is 0 Å². The first kappa shape index (κ1) is 24.3. The number of thiophene rings is 1. The fourth-order valence-corrected chi connectivity index (χ4v) is 6.06. The Morgan fingerprint density at radius 2 is 1.15 bits per heavy atom. The fourth-order valence-electron chi connectivity index (χ4n) is 4.88. The normalized spacial score (nSPS) is 10.9. The van der Waals surface area contributed by atoms with E-state index < -0.39 is 0 Å². The van der Waals surface area contributed by atoms with Crippen molar-refractivity contribution in [3.63, 3.8) is 0 Å². The molecule has 0 saturated heterocycles. The largest absolute Gasteiger partial charge is 0.276 e. The third-order valence-corrected chi connectivity index (χ3v) is 7.99. The Balaban J connectivity index is 1.25. The molecule has 2 aromatic carbocycles. The molecule has 190 valence electrons. The molecular formula is C34H18N6S. The van der Waals surface area contributed by atoms with Gasteiger partial charge in [0.1, 0.15) is 6.07 Å². The molecule has 5 aromatic heterocycles. The van der Waals surface area contributed by atoms with Crippen molar-refractivity contribution in [1.82, 2.24) is 19.9 Å². The van der Waals surface area contributed by atoms with Gasteiger partial charge in [-0.05, 0) is 48.5 Å². The van der Waals surface area contributed by atoms with E-state index in [0.717, 1.165) is 45.0 Å². The number of fused-ring (bicyclic) bond motifs is 3. The van der Waals surface area contributed by atoms with Crippen LogP contribution in [0, 0.1) is 17.9 Å². The number of benzene rings is 2. The van der Waals surface area contributed by atoms with Crippen molar-refractivity contribution in [3.8, 4) is 51.1 Å². The van der Waals surface area contributed by atoms with Crippen molar-refractivity contribution in [3.05, 3.63) is 127 Å². The summed E-state index contributed by atoms with van der Waals surface area (Å²) in [6.45, 7) is 7.27. The van der Waals surface area contributed by atoms with Crippen LogP contribution in [-0.2, 0) is 0 Å². The predicted molar refractivity (Wildman–Crippen MR) is 163 cm³/mol. The van der Waals surface area contributed by atoms with Crippen LogP contribution in [0.4, 0.5) is 5.69 Å². The molecule has 7 heteroatoms. The third kappa shape index (κ3) is 4.57. The molecule has 0 N–H and O–H groups in total. The van der Waals surface area contributed by atoms with E-state index in [9.17, 15) is 5.26 Å². The van der Waals surface area contributed by atoms with E-state index in [4.69, 9.17) is 16.5 Å². The summed E-state index contributed by atoms with van der Waals surface area (Å²) in [7, 11) is 0. The standard InChI is InChI=1S/C34H18N6S/c1-36-26-13-25(19-38-20-26)32-7-3-5-30(40-32)23-9-11-28-27-10-8-22(14-33(27)41-34(28)15-23)29-4-2-6-31(39-29)24-12-21(16-35)17-37-18-24/h2-15,17-20H. The molecule has 0 saturated carbocycles. The van der Waals surface area contributed by atoms with Gasteiger partial charge in [-0.25, -0.2) is 14.8 Å². The molecule has 5 heterocycles. The number of rotatable bonds is 4. The van der Waals surface area contributed by atoms with Crippen LogP contribution in [0.25, 0.3) is 70.0 Å². The Morgan fingerprint density at radius 3 is 1.71 bits per heavy atom. The zero-order valence-corrected chi connectivity index (χ0v) is 22.3. The van der Waals surface area contributed by atoms with Crippen LogP contribution in [0.2, 0.25) is 0 Å². The number of hydrogen-bond donors (Lipinski definition) is 0. The minimum absolute atomic E-state index is 0.493. The van der Waals surface area contributed by atoms with Crippen molar-refractivity contribution < 1.29 is 0 Å². The van der Waals surface area contributed by atoms with Crippen LogP contribution in [0.5, 0.6) is 0 Å². The maximum Gasteiger partial charge on any atom is 0.205 e. The molecule has 0 amide bonds. The average Bonchev–Trinajstić information content (AvgIpc) is 3.42. The lowest BCUT2D eigenvalue weighted by Gasteiger charge is -2.06. The van der Waals surface area contributed by atoms with Crippen LogP contribution in [0.15, 0.2) is 110 Å². The number of hydrogen-bond acceptors (Lipinski definition) is 6. The first-order valence-electron chi connectivity index (χ1n) is 12.8. The fraction of sp³-hybridized carbons (Fsp3) is 0. The van der Waals surface area contributed by atoms with E-state index in [1.807, 2.05) is 42.5 Å². The molecule has 0 radical (unpaired) electrons. The lowest BCUT2D eigenvalue weighted by molar-refractivity contribution is 1.26. The maximum atomic E-state index is 9.24. The molecule has 0 aliphatic rings. The quantitative estimate of drug-likeness (QED) is 0.208.